The molecule has 1 aliphatic heterocycles. The molecule has 7 heteroatoms. The number of benzene rings is 1. The van der Waals surface area contributed by atoms with E-state index in [9.17, 15) is 12.8 Å². The Morgan fingerprint density at radius 2 is 2.17 bits per heavy atom. The Hall–Kier alpha value is 0.0200. The summed E-state index contributed by atoms with van der Waals surface area (Å²) in [6.07, 6.45) is 2.84. The van der Waals surface area contributed by atoms with Crippen LogP contribution < -0.4 is 29.6 Å². The van der Waals surface area contributed by atoms with E-state index in [4.69, 9.17) is 9.29 Å². The SMILES string of the molecule is CS(=O)(=O)O.Fc1cc[c-]c(C2CCCO2)c1.[Na+]. The molecular weight excluding hydrogens is 270 g/mol. The molecule has 1 saturated heterocycles. The molecule has 0 saturated carbocycles. The summed E-state index contributed by atoms with van der Waals surface area (Å²) in [4.78, 5) is 0. The molecule has 1 atom stereocenters. The minimum absolute atomic E-state index is 0. The Kier molecular flexibility index (Phi) is 8.25. The van der Waals surface area contributed by atoms with Crippen molar-refractivity contribution in [2.45, 2.75) is 18.9 Å². The molecule has 2 rings (SSSR count). The van der Waals surface area contributed by atoms with Crippen molar-refractivity contribution in [1.82, 2.24) is 0 Å². The molecule has 1 unspecified atom stereocenters. The zero-order valence-corrected chi connectivity index (χ0v) is 13.2. The predicted molar refractivity (Wildman–Crippen MR) is 60.6 cm³/mol. The average Bonchev–Trinajstić information content (AvgIpc) is 2.67. The van der Waals surface area contributed by atoms with E-state index in [1.54, 1.807) is 6.07 Å². The van der Waals surface area contributed by atoms with Gasteiger partial charge in [-0.3, -0.25) is 4.55 Å². The molecule has 0 aliphatic carbocycles. The first kappa shape index (κ1) is 18.0. The molecule has 1 aromatic rings. The maximum absolute atomic E-state index is 12.7. The smallest absolute Gasteiger partial charge is 0.376 e. The van der Waals surface area contributed by atoms with Crippen molar-refractivity contribution in [2.75, 3.05) is 12.9 Å². The van der Waals surface area contributed by atoms with Crippen LogP contribution >= 0.6 is 0 Å². The van der Waals surface area contributed by atoms with Crippen molar-refractivity contribution in [3.8, 4) is 0 Å². The summed E-state index contributed by atoms with van der Waals surface area (Å²) in [6.45, 7) is 0.787. The van der Waals surface area contributed by atoms with E-state index in [1.165, 1.54) is 12.1 Å². The first-order chi connectivity index (χ1) is 7.86. The second kappa shape index (κ2) is 8.24. The minimum Gasteiger partial charge on any atom is -0.376 e. The molecule has 18 heavy (non-hydrogen) atoms. The second-order valence-corrected chi connectivity index (χ2v) is 5.16. The van der Waals surface area contributed by atoms with Crippen molar-refractivity contribution in [1.29, 1.82) is 0 Å². The quantitative estimate of drug-likeness (QED) is 0.407. The molecule has 1 aromatic carbocycles. The molecule has 0 spiro atoms. The second-order valence-electron chi connectivity index (χ2n) is 3.70. The molecular formula is C11H14FNaO4S. The van der Waals surface area contributed by atoms with Crippen LogP contribution in [-0.4, -0.2) is 25.8 Å². The van der Waals surface area contributed by atoms with Gasteiger partial charge in [0.15, 0.2) is 0 Å². The van der Waals surface area contributed by atoms with E-state index in [2.05, 4.69) is 6.07 Å². The van der Waals surface area contributed by atoms with E-state index in [1.807, 2.05) is 0 Å². The van der Waals surface area contributed by atoms with Crippen LogP contribution in [0.5, 0.6) is 0 Å². The normalized spacial score (nSPS) is 18.5. The van der Waals surface area contributed by atoms with Gasteiger partial charge in [0.2, 0.25) is 0 Å². The van der Waals surface area contributed by atoms with Gasteiger partial charge in [0.25, 0.3) is 10.1 Å². The van der Waals surface area contributed by atoms with Crippen LogP contribution in [0.15, 0.2) is 18.2 Å². The van der Waals surface area contributed by atoms with Gasteiger partial charge >= 0.3 is 29.6 Å². The third kappa shape index (κ3) is 8.18. The number of hydrogen-bond donors (Lipinski definition) is 1. The van der Waals surface area contributed by atoms with E-state index in [-0.39, 0.29) is 41.5 Å². The Balaban J connectivity index is 0.000000421. The van der Waals surface area contributed by atoms with Gasteiger partial charge in [-0.2, -0.15) is 20.6 Å². The maximum Gasteiger partial charge on any atom is 1.00 e. The van der Waals surface area contributed by atoms with Crippen molar-refractivity contribution in [3.05, 3.63) is 35.6 Å². The van der Waals surface area contributed by atoms with Crippen LogP contribution in [0.2, 0.25) is 0 Å². The zero-order valence-electron chi connectivity index (χ0n) is 10.4. The summed E-state index contributed by atoms with van der Waals surface area (Å²) in [6, 6.07) is 7.49. The van der Waals surface area contributed by atoms with E-state index in [0.29, 0.717) is 6.26 Å². The Bertz CT molecular complexity index is 450. The van der Waals surface area contributed by atoms with Gasteiger partial charge in [-0.15, -0.1) is 17.7 Å². The van der Waals surface area contributed by atoms with Crippen LogP contribution in [0.4, 0.5) is 4.39 Å². The summed E-state index contributed by atoms with van der Waals surface area (Å²) in [7, 11) is -3.67. The molecule has 1 N–H and O–H groups in total. The maximum atomic E-state index is 12.7. The summed E-state index contributed by atoms with van der Waals surface area (Å²) in [5.74, 6) is -0.209. The first-order valence-corrected chi connectivity index (χ1v) is 6.92. The van der Waals surface area contributed by atoms with Gasteiger partial charge in [0.1, 0.15) is 0 Å². The van der Waals surface area contributed by atoms with E-state index >= 15 is 0 Å². The van der Waals surface area contributed by atoms with Crippen LogP contribution in [0.1, 0.15) is 24.5 Å². The number of hydrogen-bond acceptors (Lipinski definition) is 3. The molecule has 1 fully saturated rings. The fourth-order valence-corrected chi connectivity index (χ4v) is 1.46. The summed E-state index contributed by atoms with van der Waals surface area (Å²) < 4.78 is 44.0. The van der Waals surface area contributed by atoms with Gasteiger partial charge in [-0.25, -0.2) is 4.39 Å². The molecule has 1 aliphatic rings. The molecule has 0 bridgehead atoms. The van der Waals surface area contributed by atoms with Crippen molar-refractivity contribution in [3.63, 3.8) is 0 Å². The van der Waals surface area contributed by atoms with Gasteiger partial charge < -0.3 is 4.74 Å². The Morgan fingerprint density at radius 3 is 2.61 bits per heavy atom. The van der Waals surface area contributed by atoms with E-state index in [0.717, 1.165) is 25.0 Å². The fourth-order valence-electron chi connectivity index (χ4n) is 1.46. The molecule has 0 aromatic heterocycles. The molecule has 4 nitrogen and oxygen atoms in total. The molecule has 1 heterocycles. The fraction of sp³-hybridized carbons (Fsp3) is 0.455. The number of rotatable bonds is 1. The predicted octanol–water partition coefficient (Wildman–Crippen LogP) is -1.01. The largest absolute Gasteiger partial charge is 1.00 e. The Morgan fingerprint density at radius 1 is 1.56 bits per heavy atom. The van der Waals surface area contributed by atoms with Crippen molar-refractivity contribution < 1.29 is 51.7 Å². The first-order valence-electron chi connectivity index (χ1n) is 5.07. The van der Waals surface area contributed by atoms with Gasteiger partial charge in [0.05, 0.1) is 12.4 Å². The topological polar surface area (TPSA) is 63.6 Å². The zero-order chi connectivity index (χ0) is 12.9. The third-order valence-electron chi connectivity index (χ3n) is 2.06. The Labute approximate surface area is 129 Å². The minimum atomic E-state index is -3.67. The monoisotopic (exact) mass is 284 g/mol. The number of halogens is 1. The van der Waals surface area contributed by atoms with Crippen LogP contribution in [-0.2, 0) is 14.9 Å². The van der Waals surface area contributed by atoms with Crippen LogP contribution in [0.3, 0.4) is 0 Å². The van der Waals surface area contributed by atoms with Crippen molar-refractivity contribution >= 4 is 10.1 Å². The van der Waals surface area contributed by atoms with Crippen LogP contribution in [0.25, 0.3) is 0 Å². The van der Waals surface area contributed by atoms with Gasteiger partial charge in [-0.1, -0.05) is 0 Å². The molecule has 0 amide bonds. The van der Waals surface area contributed by atoms with Crippen LogP contribution in [0, 0.1) is 11.9 Å². The summed E-state index contributed by atoms with van der Waals surface area (Å²) >= 11 is 0. The van der Waals surface area contributed by atoms with Crippen molar-refractivity contribution in [2.24, 2.45) is 0 Å². The standard InChI is InChI=1S/C10H10FO.CH4O3S.Na/c11-9-4-1-3-8(7-9)10-5-2-6-12-10;1-5(2,3)4;/h1,4,7,10H,2,5-6H2;1H3,(H,2,3,4);/q-1;;+1. The third-order valence-corrected chi connectivity index (χ3v) is 2.06. The summed E-state index contributed by atoms with van der Waals surface area (Å²) in [5.41, 5.74) is 0.840. The van der Waals surface area contributed by atoms with E-state index < -0.39 is 10.1 Å². The average molecular weight is 284 g/mol. The number of ether oxygens (including phenoxy) is 1. The molecule has 96 valence electrons. The summed E-state index contributed by atoms with van der Waals surface area (Å²) in [5, 5.41) is 0. The van der Waals surface area contributed by atoms with Gasteiger partial charge in [0, 0.05) is 12.4 Å². The van der Waals surface area contributed by atoms with Gasteiger partial charge in [-0.05, 0) is 12.8 Å². The molecule has 0 radical (unpaired) electrons.